The molecule has 7 fully saturated rings. The van der Waals surface area contributed by atoms with Gasteiger partial charge in [0, 0.05) is 5.41 Å². The molecule has 7 rings (SSSR count). The van der Waals surface area contributed by atoms with E-state index in [1.807, 2.05) is 0 Å². The van der Waals surface area contributed by atoms with Crippen molar-refractivity contribution in [2.24, 2.45) is 46.8 Å². The first kappa shape index (κ1) is 15.4. The van der Waals surface area contributed by atoms with Crippen molar-refractivity contribution in [3.63, 3.8) is 0 Å². The van der Waals surface area contributed by atoms with E-state index < -0.39 is 0 Å². The highest BCUT2D eigenvalue weighted by atomic mass is 16.6. The van der Waals surface area contributed by atoms with Crippen LogP contribution in [0.1, 0.15) is 71.1 Å². The van der Waals surface area contributed by atoms with Crippen LogP contribution in [0.2, 0.25) is 0 Å². The summed E-state index contributed by atoms with van der Waals surface area (Å²) in [6.45, 7) is 2.28. The Morgan fingerprint density at radius 3 is 2.42 bits per heavy atom. The second-order valence-electron chi connectivity index (χ2n) is 11.3. The van der Waals surface area contributed by atoms with Crippen LogP contribution in [0, 0.1) is 46.8 Å². The molecule has 6 saturated carbocycles. The molecule has 0 N–H and O–H groups in total. The Kier molecular flexibility index (Phi) is 2.78. The summed E-state index contributed by atoms with van der Waals surface area (Å²) in [5.41, 5.74) is 0.130. The lowest BCUT2D eigenvalue weighted by atomic mass is 9.67. The molecule has 1 saturated heterocycles. The van der Waals surface area contributed by atoms with Gasteiger partial charge in [-0.25, -0.2) is 0 Å². The van der Waals surface area contributed by atoms with Gasteiger partial charge in [0.25, 0.3) is 0 Å². The van der Waals surface area contributed by atoms with Crippen LogP contribution < -0.4 is 0 Å². The van der Waals surface area contributed by atoms with Crippen LogP contribution >= 0.6 is 0 Å². The molecular weight excluding hydrogens is 324 g/mol. The van der Waals surface area contributed by atoms with Gasteiger partial charge in [0.05, 0.1) is 18.1 Å². The molecule has 3 nitrogen and oxygen atoms in total. The number of hydrogen-bond acceptors (Lipinski definition) is 3. The first-order chi connectivity index (χ1) is 12.6. The van der Waals surface area contributed by atoms with Crippen LogP contribution in [0.25, 0.3) is 0 Å². The Bertz CT molecular complexity index is 661. The van der Waals surface area contributed by atoms with Crippen molar-refractivity contribution in [2.45, 2.75) is 88.9 Å². The topological polar surface area (TPSA) is 38.8 Å². The molecule has 0 aromatic rings. The van der Waals surface area contributed by atoms with Crippen molar-refractivity contribution in [2.75, 3.05) is 0 Å². The van der Waals surface area contributed by atoms with Crippen LogP contribution in [0.5, 0.6) is 0 Å². The van der Waals surface area contributed by atoms with E-state index in [9.17, 15) is 4.79 Å². The van der Waals surface area contributed by atoms with E-state index in [-0.39, 0.29) is 17.5 Å². The summed E-state index contributed by atoms with van der Waals surface area (Å²) < 4.78 is 12.4. The normalized spacial score (nSPS) is 59.8. The molecule has 0 radical (unpaired) electrons. The third-order valence-electron chi connectivity index (χ3n) is 10.7. The number of rotatable bonds is 2. The van der Waals surface area contributed by atoms with Crippen molar-refractivity contribution < 1.29 is 14.3 Å². The van der Waals surface area contributed by atoms with E-state index in [1.54, 1.807) is 0 Å². The van der Waals surface area contributed by atoms with Gasteiger partial charge in [-0.1, -0.05) is 12.8 Å². The summed E-state index contributed by atoms with van der Waals surface area (Å²) in [5, 5.41) is 0. The molecule has 0 aromatic carbocycles. The Morgan fingerprint density at radius 2 is 1.62 bits per heavy atom. The monoisotopic (exact) mass is 356 g/mol. The minimum atomic E-state index is -0.179. The number of esters is 1. The zero-order valence-corrected chi connectivity index (χ0v) is 16.0. The fourth-order valence-electron chi connectivity index (χ4n) is 9.70. The molecule has 0 aromatic heterocycles. The number of carbonyl (C=O) groups excluding carboxylic acids is 1. The SMILES string of the molecule is CC1(OC(=O)C2CC3CC2C2C4CC(C5OC45)C32)CCCC12CCCC2. The number of epoxide rings is 1. The third kappa shape index (κ3) is 1.65. The largest absolute Gasteiger partial charge is 0.459 e. The molecule has 6 aliphatic carbocycles. The molecule has 1 aliphatic heterocycles. The molecule has 10 unspecified atom stereocenters. The first-order valence-corrected chi connectivity index (χ1v) is 11.5. The van der Waals surface area contributed by atoms with Gasteiger partial charge in [0.15, 0.2) is 0 Å². The highest BCUT2D eigenvalue weighted by molar-refractivity contribution is 5.74. The number of carbonyl (C=O) groups is 1. The fraction of sp³-hybridized carbons (Fsp3) is 0.957. The number of hydrogen-bond donors (Lipinski definition) is 0. The smallest absolute Gasteiger partial charge is 0.309 e. The fourth-order valence-corrected chi connectivity index (χ4v) is 9.70. The van der Waals surface area contributed by atoms with E-state index in [1.165, 1.54) is 51.4 Å². The summed E-state index contributed by atoms with van der Waals surface area (Å²) in [5.74, 6) is 5.09. The van der Waals surface area contributed by atoms with Crippen molar-refractivity contribution in [1.82, 2.24) is 0 Å². The van der Waals surface area contributed by atoms with Gasteiger partial charge in [0.2, 0.25) is 0 Å². The average molecular weight is 357 g/mol. The standard InChI is InChI=1S/C23H32O3/c1-22(5-4-8-23(22)6-2-3-7-23)26-21(24)14-10-12-9-13(14)18-16-11-15(17(12)18)19-20(16)25-19/h12-20H,2-11H2,1H3. The van der Waals surface area contributed by atoms with Crippen molar-refractivity contribution in [1.29, 1.82) is 0 Å². The summed E-state index contributed by atoms with van der Waals surface area (Å²) >= 11 is 0. The second-order valence-corrected chi connectivity index (χ2v) is 11.3. The van der Waals surface area contributed by atoms with Gasteiger partial charge in [-0.15, -0.1) is 0 Å². The first-order valence-electron chi connectivity index (χ1n) is 11.5. The summed E-state index contributed by atoms with van der Waals surface area (Å²) in [4.78, 5) is 13.4. The van der Waals surface area contributed by atoms with Gasteiger partial charge in [-0.3, -0.25) is 4.79 Å². The van der Waals surface area contributed by atoms with Crippen molar-refractivity contribution in [3.8, 4) is 0 Å². The van der Waals surface area contributed by atoms with Crippen LogP contribution in [0.4, 0.5) is 0 Å². The number of fused-ring (bicyclic) bond motifs is 12. The zero-order valence-electron chi connectivity index (χ0n) is 16.0. The van der Waals surface area contributed by atoms with E-state index in [2.05, 4.69) is 6.92 Å². The lowest BCUT2D eigenvalue weighted by Crippen LogP contribution is -2.46. The quantitative estimate of drug-likeness (QED) is 0.420. The Hall–Kier alpha value is -0.570. The van der Waals surface area contributed by atoms with Gasteiger partial charge in [-0.2, -0.15) is 0 Å². The van der Waals surface area contributed by atoms with E-state index in [0.29, 0.717) is 23.5 Å². The molecule has 26 heavy (non-hydrogen) atoms. The summed E-state index contributed by atoms with van der Waals surface area (Å²) in [6, 6.07) is 0. The molecule has 7 aliphatic rings. The number of ether oxygens (including phenoxy) is 2. The minimum Gasteiger partial charge on any atom is -0.459 e. The molecule has 3 heteroatoms. The molecule has 1 spiro atoms. The lowest BCUT2D eigenvalue weighted by molar-refractivity contribution is -0.178. The Balaban J connectivity index is 1.12. The Labute approximate surface area is 156 Å². The molecule has 1 heterocycles. The predicted octanol–water partition coefficient (Wildman–Crippen LogP) is 4.34. The Morgan fingerprint density at radius 1 is 0.885 bits per heavy atom. The minimum absolute atomic E-state index is 0.179. The summed E-state index contributed by atoms with van der Waals surface area (Å²) in [7, 11) is 0. The maximum Gasteiger partial charge on any atom is 0.309 e. The van der Waals surface area contributed by atoms with Crippen molar-refractivity contribution in [3.05, 3.63) is 0 Å². The molecule has 10 atom stereocenters. The highest BCUT2D eigenvalue weighted by Gasteiger charge is 2.74. The highest BCUT2D eigenvalue weighted by Crippen LogP contribution is 2.73. The van der Waals surface area contributed by atoms with Crippen LogP contribution in [0.3, 0.4) is 0 Å². The maximum absolute atomic E-state index is 13.4. The lowest BCUT2D eigenvalue weighted by Gasteiger charge is -2.43. The van der Waals surface area contributed by atoms with Gasteiger partial charge >= 0.3 is 5.97 Å². The van der Waals surface area contributed by atoms with Crippen LogP contribution in [-0.4, -0.2) is 23.8 Å². The van der Waals surface area contributed by atoms with Crippen LogP contribution in [0.15, 0.2) is 0 Å². The molecule has 142 valence electrons. The van der Waals surface area contributed by atoms with Gasteiger partial charge in [-0.05, 0) is 93.8 Å². The molecular formula is C23H32O3. The maximum atomic E-state index is 13.4. The van der Waals surface area contributed by atoms with E-state index in [4.69, 9.17) is 9.47 Å². The van der Waals surface area contributed by atoms with Gasteiger partial charge in [0.1, 0.15) is 5.60 Å². The van der Waals surface area contributed by atoms with Crippen molar-refractivity contribution >= 4 is 5.97 Å². The molecule has 0 amide bonds. The third-order valence-corrected chi connectivity index (χ3v) is 10.7. The van der Waals surface area contributed by atoms with Gasteiger partial charge < -0.3 is 9.47 Å². The predicted molar refractivity (Wildman–Crippen MR) is 96.2 cm³/mol. The molecule has 4 bridgehead atoms. The summed E-state index contributed by atoms with van der Waals surface area (Å²) in [6.07, 6.45) is 13.9. The zero-order chi connectivity index (χ0) is 17.3. The van der Waals surface area contributed by atoms with Crippen LogP contribution in [-0.2, 0) is 14.3 Å². The second kappa shape index (κ2) is 4.70. The average Bonchev–Trinajstić information content (AvgIpc) is 3.21. The van der Waals surface area contributed by atoms with E-state index >= 15 is 0 Å². The van der Waals surface area contributed by atoms with E-state index in [0.717, 1.165) is 42.4 Å².